The van der Waals surface area contributed by atoms with Crippen LogP contribution in [0.2, 0.25) is 0 Å². The van der Waals surface area contributed by atoms with Gasteiger partial charge < -0.3 is 10.6 Å². The third-order valence-electron chi connectivity index (χ3n) is 5.03. The van der Waals surface area contributed by atoms with Crippen molar-refractivity contribution in [3.05, 3.63) is 18.1 Å². The summed E-state index contributed by atoms with van der Waals surface area (Å²) in [4.78, 5) is 21.0. The molecule has 0 saturated heterocycles. The van der Waals surface area contributed by atoms with E-state index in [1.165, 1.54) is 57.8 Å². The highest BCUT2D eigenvalue weighted by Crippen LogP contribution is 2.20. The number of hydrogen-bond acceptors (Lipinski definition) is 4. The van der Waals surface area contributed by atoms with Crippen LogP contribution in [0.4, 0.5) is 5.82 Å². The maximum atomic E-state index is 12.3. The molecule has 2 aliphatic rings. The Hall–Kier alpha value is -1.65. The maximum absolute atomic E-state index is 12.3. The van der Waals surface area contributed by atoms with Crippen molar-refractivity contribution in [2.75, 3.05) is 5.32 Å². The lowest BCUT2D eigenvalue weighted by molar-refractivity contribution is 0.0928. The van der Waals surface area contributed by atoms with E-state index in [0.717, 1.165) is 18.7 Å². The van der Waals surface area contributed by atoms with Crippen LogP contribution in [0.25, 0.3) is 0 Å². The first-order valence-corrected chi connectivity index (χ1v) is 9.21. The van der Waals surface area contributed by atoms with Crippen LogP contribution < -0.4 is 10.6 Å². The summed E-state index contributed by atoms with van der Waals surface area (Å²) in [6.45, 7) is 0. The number of nitrogens with zero attached hydrogens (tertiary/aromatic N) is 2. The van der Waals surface area contributed by atoms with E-state index in [9.17, 15) is 4.79 Å². The summed E-state index contributed by atoms with van der Waals surface area (Å²) in [5, 5.41) is 6.55. The van der Waals surface area contributed by atoms with E-state index >= 15 is 0 Å². The highest BCUT2D eigenvalue weighted by atomic mass is 16.1. The summed E-state index contributed by atoms with van der Waals surface area (Å²) in [5.74, 6) is 0.691. The number of carbonyl (C=O) groups is 1. The summed E-state index contributed by atoms with van der Waals surface area (Å²) in [5.41, 5.74) is 0.420. The number of anilines is 1. The summed E-state index contributed by atoms with van der Waals surface area (Å²) < 4.78 is 0. The van der Waals surface area contributed by atoms with Crippen molar-refractivity contribution in [1.82, 2.24) is 15.3 Å². The molecule has 0 aliphatic heterocycles. The van der Waals surface area contributed by atoms with Crippen LogP contribution in [0.3, 0.4) is 0 Å². The van der Waals surface area contributed by atoms with Crippen molar-refractivity contribution in [2.45, 2.75) is 82.7 Å². The quantitative estimate of drug-likeness (QED) is 0.832. The van der Waals surface area contributed by atoms with E-state index in [1.54, 1.807) is 12.4 Å². The minimum atomic E-state index is -0.0892. The molecule has 0 atom stereocenters. The fourth-order valence-corrected chi connectivity index (χ4v) is 3.66. The van der Waals surface area contributed by atoms with Crippen LogP contribution in [0.15, 0.2) is 12.4 Å². The van der Waals surface area contributed by atoms with Gasteiger partial charge in [0.15, 0.2) is 0 Å². The molecule has 5 nitrogen and oxygen atoms in total. The average Bonchev–Trinajstić information content (AvgIpc) is 2.85. The number of rotatable bonds is 4. The zero-order valence-corrected chi connectivity index (χ0v) is 13.9. The SMILES string of the molecule is O=C(NC1CCCCCC1)c1cnc(NC2CCCCC2)cn1. The summed E-state index contributed by atoms with van der Waals surface area (Å²) in [7, 11) is 0. The Morgan fingerprint density at radius 1 is 0.826 bits per heavy atom. The second-order valence-electron chi connectivity index (χ2n) is 6.93. The van der Waals surface area contributed by atoms with Crippen LogP contribution >= 0.6 is 0 Å². The van der Waals surface area contributed by atoms with Gasteiger partial charge in [0.1, 0.15) is 11.5 Å². The van der Waals surface area contributed by atoms with Crippen molar-refractivity contribution in [1.29, 1.82) is 0 Å². The highest BCUT2D eigenvalue weighted by Gasteiger charge is 2.17. The normalized spacial score (nSPS) is 20.7. The Labute approximate surface area is 138 Å². The minimum Gasteiger partial charge on any atom is -0.366 e. The molecule has 2 saturated carbocycles. The number of nitrogens with one attached hydrogen (secondary N) is 2. The van der Waals surface area contributed by atoms with Crippen LogP contribution in [0.1, 0.15) is 81.1 Å². The van der Waals surface area contributed by atoms with Gasteiger partial charge in [-0.1, -0.05) is 44.9 Å². The van der Waals surface area contributed by atoms with Crippen molar-refractivity contribution in [3.8, 4) is 0 Å². The standard InChI is InChI=1S/C18H28N4O/c23-18(22-15-10-4-1-2-5-11-15)16-12-20-17(13-19-16)21-14-8-6-3-7-9-14/h12-15H,1-11H2,(H,20,21)(H,22,23). The first-order valence-electron chi connectivity index (χ1n) is 9.21. The number of aromatic nitrogens is 2. The van der Waals surface area contributed by atoms with Gasteiger partial charge in [-0.05, 0) is 25.7 Å². The molecule has 0 radical (unpaired) electrons. The summed E-state index contributed by atoms with van der Waals surface area (Å²) >= 11 is 0. The molecule has 2 aliphatic carbocycles. The van der Waals surface area contributed by atoms with Gasteiger partial charge in [-0.25, -0.2) is 9.97 Å². The van der Waals surface area contributed by atoms with Gasteiger partial charge in [-0.3, -0.25) is 4.79 Å². The van der Waals surface area contributed by atoms with Crippen molar-refractivity contribution >= 4 is 11.7 Å². The number of hydrogen-bond donors (Lipinski definition) is 2. The Morgan fingerprint density at radius 3 is 2.04 bits per heavy atom. The first kappa shape index (κ1) is 16.2. The summed E-state index contributed by atoms with van der Waals surface area (Å²) in [6, 6.07) is 0.801. The van der Waals surface area contributed by atoms with Gasteiger partial charge in [-0.15, -0.1) is 0 Å². The molecule has 1 amide bonds. The molecule has 1 aromatic heterocycles. The molecule has 3 rings (SSSR count). The Kier molecular flexibility index (Phi) is 5.83. The molecule has 0 unspecified atom stereocenters. The molecule has 0 aromatic carbocycles. The topological polar surface area (TPSA) is 66.9 Å². The fraction of sp³-hybridized carbons (Fsp3) is 0.722. The molecule has 0 bridgehead atoms. The molecule has 0 spiro atoms. The van der Waals surface area contributed by atoms with E-state index in [0.29, 0.717) is 17.8 Å². The monoisotopic (exact) mass is 316 g/mol. The van der Waals surface area contributed by atoms with Crippen LogP contribution in [-0.2, 0) is 0 Å². The predicted octanol–water partition coefficient (Wildman–Crippen LogP) is 3.67. The maximum Gasteiger partial charge on any atom is 0.271 e. The van der Waals surface area contributed by atoms with Crippen molar-refractivity contribution in [3.63, 3.8) is 0 Å². The molecule has 23 heavy (non-hydrogen) atoms. The predicted molar refractivity (Wildman–Crippen MR) is 91.5 cm³/mol. The largest absolute Gasteiger partial charge is 0.366 e. The van der Waals surface area contributed by atoms with E-state index < -0.39 is 0 Å². The smallest absolute Gasteiger partial charge is 0.271 e. The highest BCUT2D eigenvalue weighted by molar-refractivity contribution is 5.92. The molecule has 2 fully saturated rings. The second-order valence-corrected chi connectivity index (χ2v) is 6.93. The van der Waals surface area contributed by atoms with Crippen LogP contribution in [-0.4, -0.2) is 28.0 Å². The van der Waals surface area contributed by atoms with Gasteiger partial charge in [-0.2, -0.15) is 0 Å². The average molecular weight is 316 g/mol. The molecule has 1 aromatic rings. The van der Waals surface area contributed by atoms with Gasteiger partial charge in [0, 0.05) is 12.1 Å². The molecule has 1 heterocycles. The van der Waals surface area contributed by atoms with Gasteiger partial charge >= 0.3 is 0 Å². The number of amides is 1. The van der Waals surface area contributed by atoms with Crippen molar-refractivity contribution in [2.24, 2.45) is 0 Å². The Bertz CT molecular complexity index is 488. The molecule has 2 N–H and O–H groups in total. The second kappa shape index (κ2) is 8.27. The molecular weight excluding hydrogens is 288 g/mol. The van der Waals surface area contributed by atoms with Gasteiger partial charge in [0.25, 0.3) is 5.91 Å². The third-order valence-corrected chi connectivity index (χ3v) is 5.03. The van der Waals surface area contributed by atoms with Crippen molar-refractivity contribution < 1.29 is 4.79 Å². The van der Waals surface area contributed by atoms with Crippen LogP contribution in [0.5, 0.6) is 0 Å². The van der Waals surface area contributed by atoms with E-state index in [4.69, 9.17) is 0 Å². The molecule has 5 heteroatoms. The zero-order chi connectivity index (χ0) is 15.9. The third kappa shape index (κ3) is 4.91. The molecular formula is C18H28N4O. The van der Waals surface area contributed by atoms with Gasteiger partial charge in [0.05, 0.1) is 12.4 Å². The Morgan fingerprint density at radius 2 is 1.43 bits per heavy atom. The number of carbonyl (C=O) groups excluding carboxylic acids is 1. The lowest BCUT2D eigenvalue weighted by Gasteiger charge is -2.23. The van der Waals surface area contributed by atoms with E-state index in [1.807, 2.05) is 0 Å². The first-order chi connectivity index (χ1) is 11.3. The van der Waals surface area contributed by atoms with Crippen LogP contribution in [0, 0.1) is 0 Å². The lowest BCUT2D eigenvalue weighted by atomic mass is 9.96. The fourth-order valence-electron chi connectivity index (χ4n) is 3.66. The lowest BCUT2D eigenvalue weighted by Crippen LogP contribution is -2.35. The van der Waals surface area contributed by atoms with E-state index in [2.05, 4.69) is 20.6 Å². The summed E-state index contributed by atoms with van der Waals surface area (Å²) in [6.07, 6.45) is 16.7. The minimum absolute atomic E-state index is 0.0892. The zero-order valence-electron chi connectivity index (χ0n) is 13.9. The van der Waals surface area contributed by atoms with E-state index in [-0.39, 0.29) is 5.91 Å². The molecule has 126 valence electrons. The van der Waals surface area contributed by atoms with Gasteiger partial charge in [0.2, 0.25) is 0 Å². The Balaban J connectivity index is 1.52.